The average molecular weight is 267 g/mol. The van der Waals surface area contributed by atoms with Crippen LogP contribution in [0.1, 0.15) is 14.5 Å². The van der Waals surface area contributed by atoms with Crippen LogP contribution in [0.25, 0.3) is 0 Å². The van der Waals surface area contributed by atoms with E-state index < -0.39 is 18.1 Å². The number of aromatic carboxylic acids is 1. The maximum atomic E-state index is 11.8. The van der Waals surface area contributed by atoms with E-state index in [1.807, 2.05) is 0 Å². The molecule has 0 saturated heterocycles. The highest BCUT2D eigenvalue weighted by Gasteiger charge is 2.38. The second-order valence-corrected chi connectivity index (χ2v) is 4.24. The Bertz CT molecular complexity index is 427. The maximum absolute atomic E-state index is 11.8. The van der Waals surface area contributed by atoms with E-state index >= 15 is 0 Å². The van der Waals surface area contributed by atoms with Crippen molar-refractivity contribution in [2.45, 2.75) is 12.6 Å². The van der Waals surface area contributed by atoms with Crippen LogP contribution in [-0.2, 0) is 11.2 Å². The summed E-state index contributed by atoms with van der Waals surface area (Å²) in [7, 11) is 0. The number of hydrogen-bond acceptors (Lipinski definition) is 3. The quantitative estimate of drug-likeness (QED) is 0.872. The number of carboxylic acids is 1. The van der Waals surface area contributed by atoms with Crippen LogP contribution in [0.15, 0.2) is 12.1 Å². The highest BCUT2D eigenvalue weighted by Crippen LogP contribution is 2.17. The van der Waals surface area contributed by atoms with Gasteiger partial charge in [0.05, 0.1) is 0 Å². The van der Waals surface area contributed by atoms with Crippen LogP contribution in [0.3, 0.4) is 0 Å². The molecule has 0 aromatic carbocycles. The van der Waals surface area contributed by atoms with Crippen molar-refractivity contribution in [1.82, 2.24) is 5.32 Å². The van der Waals surface area contributed by atoms with Gasteiger partial charge in [0.2, 0.25) is 0 Å². The fourth-order valence-corrected chi connectivity index (χ4v) is 1.87. The van der Waals surface area contributed by atoms with E-state index in [2.05, 4.69) is 0 Å². The first-order chi connectivity index (χ1) is 7.80. The number of carbonyl (C=O) groups is 2. The molecule has 94 valence electrons. The lowest BCUT2D eigenvalue weighted by molar-refractivity contribution is -0.173. The van der Waals surface area contributed by atoms with Crippen LogP contribution in [0, 0.1) is 0 Å². The van der Waals surface area contributed by atoms with Gasteiger partial charge in [0, 0.05) is 11.4 Å². The van der Waals surface area contributed by atoms with Crippen LogP contribution in [-0.4, -0.2) is 29.7 Å². The molecule has 0 aliphatic carbocycles. The van der Waals surface area contributed by atoms with Gasteiger partial charge < -0.3 is 10.4 Å². The van der Waals surface area contributed by atoms with Gasteiger partial charge in [-0.1, -0.05) is 0 Å². The molecule has 1 amide bonds. The van der Waals surface area contributed by atoms with Gasteiger partial charge in [-0.25, -0.2) is 4.79 Å². The molecular formula is C9H8F3NO3S. The average Bonchev–Trinajstić information content (AvgIpc) is 2.64. The number of carboxylic acid groups (broad SMARTS) is 1. The molecular weight excluding hydrogens is 259 g/mol. The van der Waals surface area contributed by atoms with E-state index in [0.717, 1.165) is 11.3 Å². The summed E-state index contributed by atoms with van der Waals surface area (Å²) >= 11 is 0.968. The van der Waals surface area contributed by atoms with Crippen molar-refractivity contribution in [3.8, 4) is 0 Å². The minimum atomic E-state index is -4.89. The Hall–Kier alpha value is -1.57. The van der Waals surface area contributed by atoms with Gasteiger partial charge in [0.1, 0.15) is 4.88 Å². The van der Waals surface area contributed by atoms with Crippen LogP contribution >= 0.6 is 11.3 Å². The summed E-state index contributed by atoms with van der Waals surface area (Å²) in [5.41, 5.74) is 0. The van der Waals surface area contributed by atoms with Crippen molar-refractivity contribution >= 4 is 23.2 Å². The second kappa shape index (κ2) is 5.17. The van der Waals surface area contributed by atoms with Gasteiger partial charge in [-0.05, 0) is 18.6 Å². The van der Waals surface area contributed by atoms with E-state index in [4.69, 9.17) is 5.11 Å². The third-order valence-corrected chi connectivity index (χ3v) is 2.92. The molecule has 0 radical (unpaired) electrons. The molecule has 4 nitrogen and oxygen atoms in total. The summed E-state index contributed by atoms with van der Waals surface area (Å²) in [5, 5.41) is 10.3. The van der Waals surface area contributed by atoms with Gasteiger partial charge in [0.25, 0.3) is 0 Å². The standard InChI is InChI=1S/C9H8F3NO3S/c10-9(11,12)8(16)13-4-3-5-1-2-6(17-5)7(14)15/h1-2H,3-4H2,(H,13,16)(H,14,15). The third-order valence-electron chi connectivity index (χ3n) is 1.79. The maximum Gasteiger partial charge on any atom is 0.471 e. The zero-order chi connectivity index (χ0) is 13.1. The topological polar surface area (TPSA) is 66.4 Å². The first-order valence-corrected chi connectivity index (χ1v) is 5.29. The Morgan fingerprint density at radius 3 is 2.47 bits per heavy atom. The molecule has 0 unspecified atom stereocenters. The summed E-state index contributed by atoms with van der Waals surface area (Å²) in [4.78, 5) is 21.7. The highest BCUT2D eigenvalue weighted by atomic mass is 32.1. The first-order valence-electron chi connectivity index (χ1n) is 4.47. The molecule has 0 atom stereocenters. The van der Waals surface area contributed by atoms with Crippen molar-refractivity contribution in [2.24, 2.45) is 0 Å². The third kappa shape index (κ3) is 4.06. The monoisotopic (exact) mass is 267 g/mol. The number of rotatable bonds is 4. The number of amides is 1. The molecule has 0 bridgehead atoms. The summed E-state index contributed by atoms with van der Waals surface area (Å²) in [6.07, 6.45) is -4.72. The van der Waals surface area contributed by atoms with Crippen molar-refractivity contribution < 1.29 is 27.9 Å². The smallest absolute Gasteiger partial charge is 0.471 e. The lowest BCUT2D eigenvalue weighted by atomic mass is 10.3. The number of alkyl halides is 3. The molecule has 0 aliphatic rings. The summed E-state index contributed by atoms with van der Waals surface area (Å²) in [6.45, 7) is -0.183. The van der Waals surface area contributed by atoms with Gasteiger partial charge in [-0.3, -0.25) is 4.79 Å². The first kappa shape index (κ1) is 13.5. The lowest BCUT2D eigenvalue weighted by Crippen LogP contribution is -2.37. The normalized spacial score (nSPS) is 11.2. The number of carbonyl (C=O) groups excluding carboxylic acids is 1. The lowest BCUT2D eigenvalue weighted by Gasteiger charge is -2.06. The van der Waals surface area contributed by atoms with Crippen molar-refractivity contribution in [1.29, 1.82) is 0 Å². The Kier molecular flexibility index (Phi) is 4.11. The summed E-state index contributed by atoms with van der Waals surface area (Å²) < 4.78 is 35.4. The Morgan fingerprint density at radius 1 is 1.35 bits per heavy atom. The molecule has 1 rings (SSSR count). The van der Waals surface area contributed by atoms with Crippen molar-refractivity contribution in [3.05, 3.63) is 21.9 Å². The van der Waals surface area contributed by atoms with Gasteiger partial charge in [0.15, 0.2) is 0 Å². The fraction of sp³-hybridized carbons (Fsp3) is 0.333. The molecule has 17 heavy (non-hydrogen) atoms. The molecule has 0 fully saturated rings. The van der Waals surface area contributed by atoms with E-state index in [-0.39, 0.29) is 17.8 Å². The zero-order valence-electron chi connectivity index (χ0n) is 8.37. The van der Waals surface area contributed by atoms with Crippen molar-refractivity contribution in [2.75, 3.05) is 6.54 Å². The number of hydrogen-bond donors (Lipinski definition) is 2. The van der Waals surface area contributed by atoms with E-state index in [0.29, 0.717) is 4.88 Å². The minimum absolute atomic E-state index is 0.113. The number of nitrogens with one attached hydrogen (secondary N) is 1. The zero-order valence-corrected chi connectivity index (χ0v) is 9.19. The SMILES string of the molecule is O=C(O)c1ccc(CCNC(=O)C(F)(F)F)s1. The molecule has 1 aromatic heterocycles. The molecule has 1 aromatic rings. The molecule has 0 saturated carbocycles. The predicted molar refractivity (Wildman–Crippen MR) is 54.0 cm³/mol. The highest BCUT2D eigenvalue weighted by molar-refractivity contribution is 7.13. The van der Waals surface area contributed by atoms with E-state index in [9.17, 15) is 22.8 Å². The Labute approximate surface area is 98.1 Å². The van der Waals surface area contributed by atoms with Gasteiger partial charge >= 0.3 is 18.1 Å². The predicted octanol–water partition coefficient (Wildman–Crippen LogP) is 1.67. The molecule has 0 spiro atoms. The molecule has 1 heterocycles. The second-order valence-electron chi connectivity index (χ2n) is 3.07. The van der Waals surface area contributed by atoms with Gasteiger partial charge in [-0.15, -0.1) is 11.3 Å². The Balaban J connectivity index is 2.41. The fourth-order valence-electron chi connectivity index (χ4n) is 1.03. The van der Waals surface area contributed by atoms with Crippen LogP contribution in [0.4, 0.5) is 13.2 Å². The summed E-state index contributed by atoms with van der Waals surface area (Å²) in [5.74, 6) is -3.08. The molecule has 8 heteroatoms. The largest absolute Gasteiger partial charge is 0.477 e. The molecule has 2 N–H and O–H groups in total. The number of halogens is 3. The Morgan fingerprint density at radius 2 is 2.00 bits per heavy atom. The van der Waals surface area contributed by atoms with Crippen LogP contribution < -0.4 is 5.32 Å². The van der Waals surface area contributed by atoms with E-state index in [1.54, 1.807) is 5.32 Å². The number of thiophene rings is 1. The van der Waals surface area contributed by atoms with Gasteiger partial charge in [-0.2, -0.15) is 13.2 Å². The van der Waals surface area contributed by atoms with E-state index in [1.165, 1.54) is 12.1 Å². The van der Waals surface area contributed by atoms with Crippen LogP contribution in [0.2, 0.25) is 0 Å². The minimum Gasteiger partial charge on any atom is -0.477 e. The molecule has 0 aliphatic heterocycles. The van der Waals surface area contributed by atoms with Crippen LogP contribution in [0.5, 0.6) is 0 Å². The van der Waals surface area contributed by atoms with Crippen molar-refractivity contribution in [3.63, 3.8) is 0 Å². The summed E-state index contributed by atoms with van der Waals surface area (Å²) in [6, 6.07) is 2.88.